The van der Waals surface area contributed by atoms with Gasteiger partial charge in [-0.1, -0.05) is 24.6 Å². The number of carbonyl (C=O) groups is 2. The predicted molar refractivity (Wildman–Crippen MR) is 98.6 cm³/mol. The van der Waals surface area contributed by atoms with Gasteiger partial charge in [0.15, 0.2) is 5.76 Å². The fourth-order valence-electron chi connectivity index (χ4n) is 4.35. The van der Waals surface area contributed by atoms with E-state index in [0.29, 0.717) is 24.0 Å². The van der Waals surface area contributed by atoms with Gasteiger partial charge in [0.1, 0.15) is 18.1 Å². The van der Waals surface area contributed by atoms with E-state index in [9.17, 15) is 9.59 Å². The summed E-state index contributed by atoms with van der Waals surface area (Å²) < 4.78 is 11.1. The molecule has 1 aromatic carbocycles. The van der Waals surface area contributed by atoms with Crippen LogP contribution in [0, 0.1) is 17.8 Å². The topological polar surface area (TPSA) is 80.6 Å². The number of hydrogen-bond acceptors (Lipinski definition) is 4. The zero-order valence-electron chi connectivity index (χ0n) is 15.1. The maximum Gasteiger partial charge on any atom is 0.305 e. The third-order valence-corrected chi connectivity index (χ3v) is 5.66. The molecule has 0 saturated heterocycles. The number of hydrazine groups is 1. The molecule has 3 atom stereocenters. The normalized spacial score (nSPS) is 23.2. The fraction of sp³-hybridized carbons (Fsp3) is 0.429. The van der Waals surface area contributed by atoms with Crippen molar-refractivity contribution in [2.75, 3.05) is 0 Å². The minimum Gasteiger partial charge on any atom is -0.486 e. The predicted octanol–water partition coefficient (Wildman–Crippen LogP) is 3.45. The fourth-order valence-corrected chi connectivity index (χ4v) is 4.35. The summed E-state index contributed by atoms with van der Waals surface area (Å²) in [5.74, 6) is 2.76. The first-order valence-electron chi connectivity index (χ1n) is 9.53. The largest absolute Gasteiger partial charge is 0.486 e. The zero-order valence-corrected chi connectivity index (χ0v) is 15.1. The quantitative estimate of drug-likeness (QED) is 0.766. The molecule has 6 heteroatoms. The van der Waals surface area contributed by atoms with E-state index in [0.717, 1.165) is 18.1 Å². The summed E-state index contributed by atoms with van der Waals surface area (Å²) >= 11 is 0. The number of fused-ring (bicyclic) bond motifs is 2. The molecule has 0 unspecified atom stereocenters. The van der Waals surface area contributed by atoms with Crippen molar-refractivity contribution in [3.05, 3.63) is 54.0 Å². The van der Waals surface area contributed by atoms with Crippen LogP contribution in [0.5, 0.6) is 5.75 Å². The summed E-state index contributed by atoms with van der Waals surface area (Å²) in [7, 11) is 0. The summed E-state index contributed by atoms with van der Waals surface area (Å²) in [5, 5.41) is 0. The lowest BCUT2D eigenvalue weighted by atomic mass is 9.86. The van der Waals surface area contributed by atoms with Gasteiger partial charge >= 0.3 is 5.91 Å². The summed E-state index contributed by atoms with van der Waals surface area (Å²) in [6.07, 6.45) is 5.46. The highest BCUT2D eigenvalue weighted by Gasteiger charge is 2.40. The summed E-state index contributed by atoms with van der Waals surface area (Å²) in [6.45, 7) is 0.230. The van der Waals surface area contributed by atoms with Crippen molar-refractivity contribution in [3.63, 3.8) is 0 Å². The Morgan fingerprint density at radius 2 is 1.89 bits per heavy atom. The molecule has 142 valence electrons. The molecule has 2 bridgehead atoms. The van der Waals surface area contributed by atoms with Crippen molar-refractivity contribution < 1.29 is 18.7 Å². The molecule has 2 amide bonds. The number of amides is 2. The molecule has 1 heterocycles. The number of para-hydroxylation sites is 1. The van der Waals surface area contributed by atoms with Crippen LogP contribution in [-0.2, 0) is 11.4 Å². The molecule has 2 saturated carbocycles. The molecule has 2 aliphatic rings. The highest BCUT2D eigenvalue weighted by molar-refractivity contribution is 5.92. The van der Waals surface area contributed by atoms with Gasteiger partial charge < -0.3 is 9.15 Å². The lowest BCUT2D eigenvalue weighted by Crippen LogP contribution is -2.42. The van der Waals surface area contributed by atoms with Crippen LogP contribution in [-0.4, -0.2) is 11.8 Å². The third-order valence-electron chi connectivity index (χ3n) is 5.66. The smallest absolute Gasteiger partial charge is 0.305 e. The van der Waals surface area contributed by atoms with Crippen LogP contribution in [0.15, 0.2) is 46.9 Å². The molecule has 4 rings (SSSR count). The second-order valence-corrected chi connectivity index (χ2v) is 7.51. The summed E-state index contributed by atoms with van der Waals surface area (Å²) in [5.41, 5.74) is 4.94. The minimum absolute atomic E-state index is 0.139. The molecular formula is C21H24N2O4. The highest BCUT2D eigenvalue weighted by atomic mass is 16.5. The van der Waals surface area contributed by atoms with E-state index in [1.165, 1.54) is 19.3 Å². The average molecular weight is 368 g/mol. The van der Waals surface area contributed by atoms with Crippen molar-refractivity contribution in [1.29, 1.82) is 0 Å². The van der Waals surface area contributed by atoms with E-state index < -0.39 is 5.91 Å². The third kappa shape index (κ3) is 4.32. The van der Waals surface area contributed by atoms with Gasteiger partial charge in [-0.3, -0.25) is 20.4 Å². The summed E-state index contributed by atoms with van der Waals surface area (Å²) in [6, 6.07) is 12.6. The first kappa shape index (κ1) is 17.6. The number of hydrogen-bond donors (Lipinski definition) is 2. The SMILES string of the molecule is O=C(C[C@@H]1C[C@H]2CC[C@@H]1C2)NNC(=O)c1ccc(COc2ccccc2)o1. The monoisotopic (exact) mass is 368 g/mol. The first-order valence-corrected chi connectivity index (χ1v) is 9.53. The number of carbonyl (C=O) groups excluding carboxylic acids is 2. The number of furan rings is 1. The Labute approximate surface area is 158 Å². The van der Waals surface area contributed by atoms with E-state index in [1.54, 1.807) is 12.1 Å². The van der Waals surface area contributed by atoms with E-state index in [1.807, 2.05) is 30.3 Å². The number of benzene rings is 1. The summed E-state index contributed by atoms with van der Waals surface area (Å²) in [4.78, 5) is 24.2. The molecule has 0 aliphatic heterocycles. The Balaban J connectivity index is 1.21. The van der Waals surface area contributed by atoms with Gasteiger partial charge in [-0.2, -0.15) is 0 Å². The van der Waals surface area contributed by atoms with Gasteiger partial charge in [-0.05, 0) is 61.3 Å². The van der Waals surface area contributed by atoms with Crippen molar-refractivity contribution in [2.24, 2.45) is 17.8 Å². The standard InChI is InChI=1S/C21H24N2O4/c24-20(12-16-11-14-6-7-15(16)10-14)22-23-21(25)19-9-8-18(27-19)13-26-17-4-2-1-3-5-17/h1-5,8-9,14-16H,6-7,10-13H2,(H,22,24)(H,23,25)/t14-,15+,16-/m0/s1. The van der Waals surface area contributed by atoms with Crippen molar-refractivity contribution in [1.82, 2.24) is 10.9 Å². The first-order chi connectivity index (χ1) is 13.2. The van der Waals surface area contributed by atoms with Crippen LogP contribution in [0.2, 0.25) is 0 Å². The van der Waals surface area contributed by atoms with Gasteiger partial charge in [0.25, 0.3) is 0 Å². The Bertz CT molecular complexity index is 802. The molecule has 27 heavy (non-hydrogen) atoms. The molecule has 1 aromatic heterocycles. The van der Waals surface area contributed by atoms with Crippen LogP contribution < -0.4 is 15.6 Å². The van der Waals surface area contributed by atoms with Crippen LogP contribution in [0.25, 0.3) is 0 Å². The Morgan fingerprint density at radius 1 is 1.04 bits per heavy atom. The molecule has 2 aromatic rings. The molecular weight excluding hydrogens is 344 g/mol. The molecule has 2 aliphatic carbocycles. The lowest BCUT2D eigenvalue weighted by molar-refractivity contribution is -0.123. The van der Waals surface area contributed by atoms with Gasteiger partial charge in [-0.25, -0.2) is 0 Å². The minimum atomic E-state index is -0.470. The molecule has 2 N–H and O–H groups in total. The Kier molecular flexibility index (Phi) is 5.14. The van der Waals surface area contributed by atoms with Crippen molar-refractivity contribution in [2.45, 2.75) is 38.7 Å². The van der Waals surface area contributed by atoms with E-state index in [-0.39, 0.29) is 18.3 Å². The molecule has 0 spiro atoms. The molecule has 6 nitrogen and oxygen atoms in total. The maximum absolute atomic E-state index is 12.1. The number of ether oxygens (including phenoxy) is 1. The second-order valence-electron chi connectivity index (χ2n) is 7.51. The Hall–Kier alpha value is -2.76. The van der Waals surface area contributed by atoms with Gasteiger partial charge in [0.2, 0.25) is 5.91 Å². The van der Waals surface area contributed by atoms with Crippen LogP contribution in [0.3, 0.4) is 0 Å². The molecule has 0 radical (unpaired) electrons. The zero-order chi connectivity index (χ0) is 18.6. The lowest BCUT2D eigenvalue weighted by Gasteiger charge is -2.20. The maximum atomic E-state index is 12.1. The van der Waals surface area contributed by atoms with Crippen molar-refractivity contribution >= 4 is 11.8 Å². The van der Waals surface area contributed by atoms with E-state index >= 15 is 0 Å². The second kappa shape index (κ2) is 7.86. The highest BCUT2D eigenvalue weighted by Crippen LogP contribution is 2.49. The van der Waals surface area contributed by atoms with Crippen LogP contribution >= 0.6 is 0 Å². The molecule has 2 fully saturated rings. The number of rotatable bonds is 6. The number of nitrogens with one attached hydrogen (secondary N) is 2. The van der Waals surface area contributed by atoms with Crippen LogP contribution in [0.1, 0.15) is 48.4 Å². The van der Waals surface area contributed by atoms with Crippen LogP contribution in [0.4, 0.5) is 0 Å². The van der Waals surface area contributed by atoms with Gasteiger partial charge in [0, 0.05) is 6.42 Å². The van der Waals surface area contributed by atoms with Crippen molar-refractivity contribution in [3.8, 4) is 5.75 Å². The van der Waals surface area contributed by atoms with E-state index in [4.69, 9.17) is 9.15 Å². The average Bonchev–Trinajstić information content (AvgIpc) is 3.42. The van der Waals surface area contributed by atoms with E-state index in [2.05, 4.69) is 10.9 Å². The Morgan fingerprint density at radius 3 is 2.63 bits per heavy atom. The van der Waals surface area contributed by atoms with Gasteiger partial charge in [-0.15, -0.1) is 0 Å². The van der Waals surface area contributed by atoms with Gasteiger partial charge in [0.05, 0.1) is 0 Å².